The molecule has 0 aliphatic carbocycles. The number of nitrogens with zero attached hydrogens (tertiary/aromatic N) is 1. The van der Waals surface area contributed by atoms with Crippen LogP contribution in [0.1, 0.15) is 41.4 Å². The molecule has 1 unspecified atom stereocenters. The molecule has 0 spiro atoms. The SMILES string of the molecule is COc1cc(C2Nc3c(cccc3C(=O)NS(C)(=O)=O)CC2(C)C)cc(N2CCOCC2)c1. The third-order valence-corrected chi connectivity index (χ3v) is 6.80. The minimum absolute atomic E-state index is 0.118. The molecule has 4 rings (SSSR count). The van der Waals surface area contributed by atoms with Crippen molar-refractivity contribution < 1.29 is 22.7 Å². The molecule has 2 heterocycles. The van der Waals surface area contributed by atoms with Gasteiger partial charge in [0.05, 0.1) is 43.9 Å². The summed E-state index contributed by atoms with van der Waals surface area (Å²) in [6.07, 6.45) is 1.70. The van der Waals surface area contributed by atoms with Crippen LogP contribution >= 0.6 is 0 Å². The summed E-state index contributed by atoms with van der Waals surface area (Å²) in [6, 6.07) is 11.5. The van der Waals surface area contributed by atoms with Gasteiger partial charge in [-0.25, -0.2) is 13.1 Å². The number of amides is 1. The summed E-state index contributed by atoms with van der Waals surface area (Å²) in [5, 5.41) is 3.57. The predicted octanol–water partition coefficient (Wildman–Crippen LogP) is 2.96. The Balaban J connectivity index is 1.74. The molecule has 0 saturated carbocycles. The number of methoxy groups -OCH3 is 1. The molecule has 2 aliphatic heterocycles. The van der Waals surface area contributed by atoms with Crippen molar-refractivity contribution in [1.82, 2.24) is 4.72 Å². The van der Waals surface area contributed by atoms with Crippen LogP contribution in [0.15, 0.2) is 36.4 Å². The zero-order valence-electron chi connectivity index (χ0n) is 19.5. The molecule has 2 aliphatic rings. The Morgan fingerprint density at radius 1 is 1.21 bits per heavy atom. The van der Waals surface area contributed by atoms with Crippen molar-refractivity contribution in [3.63, 3.8) is 0 Å². The Kier molecular flexibility index (Phi) is 6.28. The molecular formula is C24H31N3O5S. The van der Waals surface area contributed by atoms with Crippen molar-refractivity contribution in [2.24, 2.45) is 5.41 Å². The number of fused-ring (bicyclic) bond motifs is 1. The van der Waals surface area contributed by atoms with E-state index in [1.165, 1.54) is 0 Å². The second-order valence-electron chi connectivity index (χ2n) is 9.35. The van der Waals surface area contributed by atoms with Gasteiger partial charge in [-0.05, 0) is 41.2 Å². The first kappa shape index (κ1) is 23.4. The number of rotatable bonds is 5. The third kappa shape index (κ3) is 5.09. The summed E-state index contributed by atoms with van der Waals surface area (Å²) in [5.74, 6) is 0.125. The molecule has 9 heteroatoms. The summed E-state index contributed by atoms with van der Waals surface area (Å²) in [7, 11) is -2.02. The van der Waals surface area contributed by atoms with Crippen LogP contribution in [0.4, 0.5) is 11.4 Å². The maximum absolute atomic E-state index is 12.7. The quantitative estimate of drug-likeness (QED) is 0.689. The average molecular weight is 474 g/mol. The van der Waals surface area contributed by atoms with E-state index in [1.807, 2.05) is 18.2 Å². The highest BCUT2D eigenvalue weighted by molar-refractivity contribution is 7.89. The highest BCUT2D eigenvalue weighted by Gasteiger charge is 2.38. The maximum Gasteiger partial charge on any atom is 0.266 e. The molecule has 0 aromatic heterocycles. The van der Waals surface area contributed by atoms with Crippen LogP contribution in [0.3, 0.4) is 0 Å². The topological polar surface area (TPSA) is 97.0 Å². The van der Waals surface area contributed by atoms with Gasteiger partial charge >= 0.3 is 0 Å². The van der Waals surface area contributed by atoms with Crippen LogP contribution in [-0.4, -0.2) is 54.0 Å². The van der Waals surface area contributed by atoms with Crippen molar-refractivity contribution in [3.05, 3.63) is 53.1 Å². The minimum atomic E-state index is -3.67. The average Bonchev–Trinajstić information content (AvgIpc) is 2.76. The fourth-order valence-corrected chi connectivity index (χ4v) is 5.14. The van der Waals surface area contributed by atoms with E-state index in [0.29, 0.717) is 24.5 Å². The van der Waals surface area contributed by atoms with E-state index >= 15 is 0 Å². The molecule has 178 valence electrons. The maximum atomic E-state index is 12.7. The molecule has 0 radical (unpaired) electrons. The molecule has 0 bridgehead atoms. The van der Waals surface area contributed by atoms with Gasteiger partial charge in [-0.1, -0.05) is 26.0 Å². The van der Waals surface area contributed by atoms with Gasteiger partial charge < -0.3 is 19.7 Å². The smallest absolute Gasteiger partial charge is 0.266 e. The minimum Gasteiger partial charge on any atom is -0.497 e. The summed E-state index contributed by atoms with van der Waals surface area (Å²) < 4.78 is 36.5. The van der Waals surface area contributed by atoms with Crippen molar-refractivity contribution in [2.75, 3.05) is 49.9 Å². The van der Waals surface area contributed by atoms with Gasteiger partial charge in [0.1, 0.15) is 5.75 Å². The first-order chi connectivity index (χ1) is 15.6. The van der Waals surface area contributed by atoms with E-state index in [4.69, 9.17) is 9.47 Å². The molecule has 2 N–H and O–H groups in total. The number of para-hydroxylation sites is 1. The zero-order chi connectivity index (χ0) is 23.8. The van der Waals surface area contributed by atoms with Gasteiger partial charge in [-0.2, -0.15) is 0 Å². The Labute approximate surface area is 195 Å². The standard InChI is InChI=1S/C24H31N3O5S/c1-24(2)15-16-6-5-7-20(23(28)26-33(4,29)30)21(16)25-22(24)17-12-18(14-19(13-17)31-3)27-8-10-32-11-9-27/h5-7,12-14,22,25H,8-11,15H2,1-4H3,(H,26,28). The van der Waals surface area contributed by atoms with Crippen LogP contribution in [-0.2, 0) is 21.2 Å². The number of carbonyl (C=O) groups is 1. The highest BCUT2D eigenvalue weighted by Crippen LogP contribution is 2.47. The van der Waals surface area contributed by atoms with E-state index in [1.54, 1.807) is 19.2 Å². The summed E-state index contributed by atoms with van der Waals surface area (Å²) in [5.41, 5.74) is 3.90. The van der Waals surface area contributed by atoms with Crippen LogP contribution < -0.4 is 19.7 Å². The van der Waals surface area contributed by atoms with Gasteiger partial charge in [-0.15, -0.1) is 0 Å². The Morgan fingerprint density at radius 3 is 2.61 bits per heavy atom. The molecule has 1 amide bonds. The third-order valence-electron chi connectivity index (χ3n) is 6.25. The Hall–Kier alpha value is -2.78. The molecule has 33 heavy (non-hydrogen) atoms. The van der Waals surface area contributed by atoms with Gasteiger partial charge in [0, 0.05) is 24.8 Å². The summed E-state index contributed by atoms with van der Waals surface area (Å²) in [4.78, 5) is 15.0. The Morgan fingerprint density at radius 2 is 1.94 bits per heavy atom. The van der Waals surface area contributed by atoms with Crippen molar-refractivity contribution >= 4 is 27.3 Å². The van der Waals surface area contributed by atoms with E-state index in [-0.39, 0.29) is 11.5 Å². The lowest BCUT2D eigenvalue weighted by Gasteiger charge is -2.42. The first-order valence-electron chi connectivity index (χ1n) is 11.0. The van der Waals surface area contributed by atoms with Crippen LogP contribution in [0.2, 0.25) is 0 Å². The molecule has 8 nitrogen and oxygen atoms in total. The molecular weight excluding hydrogens is 442 g/mol. The van der Waals surface area contributed by atoms with Crippen LogP contribution in [0.25, 0.3) is 0 Å². The molecule has 2 aromatic rings. The molecule has 1 atom stereocenters. The number of morpholine rings is 1. The largest absolute Gasteiger partial charge is 0.497 e. The normalized spacial score (nSPS) is 19.9. The molecule has 1 saturated heterocycles. The van der Waals surface area contributed by atoms with E-state index < -0.39 is 15.9 Å². The number of hydrogen-bond donors (Lipinski definition) is 2. The monoisotopic (exact) mass is 473 g/mol. The number of anilines is 2. The van der Waals surface area contributed by atoms with E-state index in [9.17, 15) is 13.2 Å². The van der Waals surface area contributed by atoms with Crippen molar-refractivity contribution in [2.45, 2.75) is 26.3 Å². The number of nitrogens with one attached hydrogen (secondary N) is 2. The van der Waals surface area contributed by atoms with Crippen LogP contribution in [0, 0.1) is 5.41 Å². The van der Waals surface area contributed by atoms with Crippen LogP contribution in [0.5, 0.6) is 5.75 Å². The van der Waals surface area contributed by atoms with Crippen molar-refractivity contribution in [1.29, 1.82) is 0 Å². The van der Waals surface area contributed by atoms with Gasteiger partial charge in [0.2, 0.25) is 10.0 Å². The van der Waals surface area contributed by atoms with E-state index in [2.05, 4.69) is 34.9 Å². The summed E-state index contributed by atoms with van der Waals surface area (Å²) >= 11 is 0. The second kappa shape index (κ2) is 8.87. The van der Waals surface area contributed by atoms with Gasteiger partial charge in [0.25, 0.3) is 5.91 Å². The highest BCUT2D eigenvalue weighted by atomic mass is 32.2. The summed E-state index contributed by atoms with van der Waals surface area (Å²) in [6.45, 7) is 7.37. The number of ether oxygens (including phenoxy) is 2. The molecule has 1 fully saturated rings. The molecule has 2 aromatic carbocycles. The number of sulfonamides is 1. The fraction of sp³-hybridized carbons (Fsp3) is 0.458. The predicted molar refractivity (Wildman–Crippen MR) is 129 cm³/mol. The second-order valence-corrected chi connectivity index (χ2v) is 11.1. The lowest BCUT2D eigenvalue weighted by molar-refractivity contribution is 0.0981. The lowest BCUT2D eigenvalue weighted by atomic mass is 9.72. The number of benzene rings is 2. The lowest BCUT2D eigenvalue weighted by Crippen LogP contribution is -2.38. The van der Waals surface area contributed by atoms with Crippen molar-refractivity contribution in [3.8, 4) is 5.75 Å². The Bertz CT molecular complexity index is 1160. The van der Waals surface area contributed by atoms with E-state index in [0.717, 1.165) is 48.3 Å². The van der Waals surface area contributed by atoms with Gasteiger partial charge in [-0.3, -0.25) is 4.79 Å². The zero-order valence-corrected chi connectivity index (χ0v) is 20.3. The van der Waals surface area contributed by atoms with Gasteiger partial charge in [0.15, 0.2) is 0 Å². The first-order valence-corrected chi connectivity index (χ1v) is 12.9. The number of hydrogen-bond acceptors (Lipinski definition) is 7. The fourth-order valence-electron chi connectivity index (χ4n) is 4.69. The number of carbonyl (C=O) groups excluding carboxylic acids is 1.